The van der Waals surface area contributed by atoms with E-state index in [0.717, 1.165) is 30.4 Å². The van der Waals surface area contributed by atoms with E-state index in [1.165, 1.54) is 0 Å². The third-order valence-electron chi connectivity index (χ3n) is 3.86. The topological polar surface area (TPSA) is 74.3 Å². The highest BCUT2D eigenvalue weighted by molar-refractivity contribution is 5.89. The number of rotatable bonds is 4. The average molecular weight is 286 g/mol. The monoisotopic (exact) mass is 286 g/mol. The van der Waals surface area contributed by atoms with Gasteiger partial charge in [0.05, 0.1) is 19.1 Å². The lowest BCUT2D eigenvalue weighted by molar-refractivity contribution is -0.117. The minimum absolute atomic E-state index is 0.0469. The zero-order valence-corrected chi connectivity index (χ0v) is 11.7. The molecule has 1 saturated heterocycles. The minimum Gasteiger partial charge on any atom is -0.376 e. The van der Waals surface area contributed by atoms with E-state index in [0.29, 0.717) is 11.9 Å². The number of nitrogens with two attached hydrogens (primary N) is 1. The van der Waals surface area contributed by atoms with Crippen LogP contribution in [0.3, 0.4) is 0 Å². The number of hydrogen-bond donors (Lipinski definition) is 1. The van der Waals surface area contributed by atoms with Crippen LogP contribution in [-0.4, -0.2) is 23.2 Å². The first kappa shape index (κ1) is 13.8. The molecule has 2 N–H and O–H groups in total. The molecule has 0 radical (unpaired) electrons. The van der Waals surface area contributed by atoms with E-state index >= 15 is 0 Å². The molecule has 0 aliphatic carbocycles. The molecule has 5 nitrogen and oxygen atoms in total. The van der Waals surface area contributed by atoms with E-state index in [1.54, 1.807) is 16.8 Å². The van der Waals surface area contributed by atoms with Crippen molar-refractivity contribution in [2.24, 2.45) is 5.73 Å². The molecule has 0 spiro atoms. The van der Waals surface area contributed by atoms with Gasteiger partial charge in [-0.3, -0.25) is 9.59 Å². The van der Waals surface area contributed by atoms with E-state index < -0.39 is 5.91 Å². The van der Waals surface area contributed by atoms with Crippen LogP contribution in [0.4, 0.5) is 0 Å². The quantitative estimate of drug-likeness (QED) is 0.918. The largest absolute Gasteiger partial charge is 0.376 e. The Hall–Kier alpha value is -2.14. The zero-order chi connectivity index (χ0) is 14.8. The van der Waals surface area contributed by atoms with Gasteiger partial charge in [0.25, 0.3) is 5.56 Å². The van der Waals surface area contributed by atoms with Crippen molar-refractivity contribution >= 4 is 16.7 Å². The van der Waals surface area contributed by atoms with E-state index in [2.05, 4.69) is 0 Å². The predicted octanol–water partition coefficient (Wildman–Crippen LogP) is 1.21. The third-order valence-corrected chi connectivity index (χ3v) is 3.86. The molecule has 1 aromatic carbocycles. The predicted molar refractivity (Wildman–Crippen MR) is 80.1 cm³/mol. The smallest absolute Gasteiger partial charge is 0.258 e. The van der Waals surface area contributed by atoms with Gasteiger partial charge < -0.3 is 15.0 Å². The average Bonchev–Trinajstić information content (AvgIpc) is 2.96. The summed E-state index contributed by atoms with van der Waals surface area (Å²) in [6.45, 7) is 1.27. The summed E-state index contributed by atoms with van der Waals surface area (Å²) in [6, 6.07) is 7.32. The van der Waals surface area contributed by atoms with Gasteiger partial charge in [-0.15, -0.1) is 0 Å². The molecule has 1 fully saturated rings. The summed E-state index contributed by atoms with van der Waals surface area (Å²) in [7, 11) is 0. The Morgan fingerprint density at radius 1 is 1.33 bits per heavy atom. The van der Waals surface area contributed by atoms with Gasteiger partial charge in [0.2, 0.25) is 5.91 Å². The standard InChI is InChI=1S/C16H18N2O3/c17-15(19)8-11-9-18(10-12-4-3-7-21-12)16(20)14-6-2-1-5-13(11)14/h1-2,5-6,9,12H,3-4,7-8,10H2,(H2,17,19). The summed E-state index contributed by atoms with van der Waals surface area (Å²) in [5.74, 6) is -0.400. The number of nitrogens with zero attached hydrogens (tertiary/aromatic N) is 1. The molecule has 1 amide bonds. The maximum atomic E-state index is 12.5. The van der Waals surface area contributed by atoms with Crippen LogP contribution in [0.15, 0.2) is 35.3 Å². The number of pyridine rings is 1. The molecule has 2 aromatic rings. The first-order valence-electron chi connectivity index (χ1n) is 7.16. The van der Waals surface area contributed by atoms with E-state index in [4.69, 9.17) is 10.5 Å². The summed E-state index contributed by atoms with van der Waals surface area (Å²) >= 11 is 0. The summed E-state index contributed by atoms with van der Waals surface area (Å²) in [5, 5.41) is 1.42. The second-order valence-corrected chi connectivity index (χ2v) is 5.44. The number of aromatic nitrogens is 1. The second-order valence-electron chi connectivity index (χ2n) is 5.44. The number of benzene rings is 1. The highest BCUT2D eigenvalue weighted by Crippen LogP contribution is 2.18. The van der Waals surface area contributed by atoms with Crippen LogP contribution >= 0.6 is 0 Å². The molecule has 1 aromatic heterocycles. The fraction of sp³-hybridized carbons (Fsp3) is 0.375. The second kappa shape index (κ2) is 5.69. The lowest BCUT2D eigenvalue weighted by atomic mass is 10.0. The summed E-state index contributed by atoms with van der Waals surface area (Å²) in [6.07, 6.45) is 3.94. The Kier molecular flexibility index (Phi) is 3.75. The van der Waals surface area contributed by atoms with E-state index in [1.807, 2.05) is 18.2 Å². The summed E-state index contributed by atoms with van der Waals surface area (Å²) < 4.78 is 7.24. The van der Waals surface area contributed by atoms with Crippen molar-refractivity contribution in [2.45, 2.75) is 31.9 Å². The number of amides is 1. The molecule has 1 aliphatic rings. The number of carbonyl (C=O) groups excluding carboxylic acids is 1. The normalized spacial score (nSPS) is 18.2. The van der Waals surface area contributed by atoms with Crippen LogP contribution in [0.5, 0.6) is 0 Å². The number of ether oxygens (including phenoxy) is 1. The van der Waals surface area contributed by atoms with Crippen molar-refractivity contribution in [1.29, 1.82) is 0 Å². The van der Waals surface area contributed by atoms with Gasteiger partial charge in [0.15, 0.2) is 0 Å². The van der Waals surface area contributed by atoms with Crippen LogP contribution in [0.25, 0.3) is 10.8 Å². The van der Waals surface area contributed by atoms with Crippen LogP contribution in [0.1, 0.15) is 18.4 Å². The lowest BCUT2D eigenvalue weighted by Crippen LogP contribution is -2.27. The molecule has 0 saturated carbocycles. The van der Waals surface area contributed by atoms with Crippen LogP contribution < -0.4 is 11.3 Å². The van der Waals surface area contributed by atoms with Crippen LogP contribution in [0.2, 0.25) is 0 Å². The van der Waals surface area contributed by atoms with Gasteiger partial charge in [-0.1, -0.05) is 18.2 Å². The highest BCUT2D eigenvalue weighted by Gasteiger charge is 2.18. The lowest BCUT2D eigenvalue weighted by Gasteiger charge is -2.15. The van der Waals surface area contributed by atoms with Gasteiger partial charge in [0.1, 0.15) is 0 Å². The molecule has 3 rings (SSSR count). The zero-order valence-electron chi connectivity index (χ0n) is 11.7. The van der Waals surface area contributed by atoms with Crippen LogP contribution in [-0.2, 0) is 22.5 Å². The summed E-state index contributed by atoms with van der Waals surface area (Å²) in [5.41, 5.74) is 6.06. The van der Waals surface area contributed by atoms with Gasteiger partial charge in [-0.05, 0) is 29.9 Å². The fourth-order valence-corrected chi connectivity index (χ4v) is 2.89. The first-order chi connectivity index (χ1) is 10.1. The molecule has 5 heteroatoms. The van der Waals surface area contributed by atoms with Crippen molar-refractivity contribution in [3.05, 3.63) is 46.4 Å². The maximum Gasteiger partial charge on any atom is 0.258 e. The number of hydrogen-bond acceptors (Lipinski definition) is 3. The SMILES string of the molecule is NC(=O)Cc1cn(CC2CCCO2)c(=O)c2ccccc12. The molecule has 0 bridgehead atoms. The first-order valence-corrected chi connectivity index (χ1v) is 7.16. The Balaban J connectivity index is 2.08. The van der Waals surface area contributed by atoms with Crippen molar-refractivity contribution < 1.29 is 9.53 Å². The third kappa shape index (κ3) is 2.83. The minimum atomic E-state index is -0.400. The Morgan fingerprint density at radius 3 is 2.76 bits per heavy atom. The van der Waals surface area contributed by atoms with Gasteiger partial charge >= 0.3 is 0 Å². The Labute approximate surface area is 122 Å². The number of carbonyl (C=O) groups is 1. The van der Waals surface area contributed by atoms with Crippen molar-refractivity contribution in [3.8, 4) is 0 Å². The number of fused-ring (bicyclic) bond motifs is 1. The molecule has 1 aliphatic heterocycles. The fourth-order valence-electron chi connectivity index (χ4n) is 2.89. The maximum absolute atomic E-state index is 12.5. The highest BCUT2D eigenvalue weighted by atomic mass is 16.5. The number of primary amides is 1. The van der Waals surface area contributed by atoms with Gasteiger partial charge in [0, 0.05) is 18.2 Å². The molecular formula is C16H18N2O3. The Morgan fingerprint density at radius 2 is 2.10 bits per heavy atom. The molecule has 2 heterocycles. The van der Waals surface area contributed by atoms with E-state index in [-0.39, 0.29) is 18.1 Å². The Bertz CT molecular complexity index is 730. The molecular weight excluding hydrogens is 268 g/mol. The molecule has 1 unspecified atom stereocenters. The van der Waals surface area contributed by atoms with Crippen molar-refractivity contribution in [3.63, 3.8) is 0 Å². The van der Waals surface area contributed by atoms with Crippen molar-refractivity contribution in [1.82, 2.24) is 4.57 Å². The summed E-state index contributed by atoms with van der Waals surface area (Å²) in [4.78, 5) is 23.8. The molecule has 110 valence electrons. The van der Waals surface area contributed by atoms with E-state index in [9.17, 15) is 9.59 Å². The van der Waals surface area contributed by atoms with Gasteiger partial charge in [-0.25, -0.2) is 0 Å². The van der Waals surface area contributed by atoms with Crippen LogP contribution in [0, 0.1) is 0 Å². The molecule has 21 heavy (non-hydrogen) atoms. The molecule has 1 atom stereocenters. The van der Waals surface area contributed by atoms with Gasteiger partial charge in [-0.2, -0.15) is 0 Å². The van der Waals surface area contributed by atoms with Crippen molar-refractivity contribution in [2.75, 3.05) is 6.61 Å².